The predicted octanol–water partition coefficient (Wildman–Crippen LogP) is 2.07. The molecule has 0 saturated carbocycles. The molecule has 2 rings (SSSR count). The van der Waals surface area contributed by atoms with Gasteiger partial charge in [-0.05, 0) is 49.5 Å². The lowest BCUT2D eigenvalue weighted by Crippen LogP contribution is -2.29. The van der Waals surface area contributed by atoms with Gasteiger partial charge in [-0.25, -0.2) is 9.97 Å². The van der Waals surface area contributed by atoms with E-state index in [0.717, 1.165) is 25.4 Å². The van der Waals surface area contributed by atoms with Gasteiger partial charge in [0.05, 0.1) is 18.9 Å². The van der Waals surface area contributed by atoms with E-state index in [4.69, 9.17) is 16.3 Å². The molecule has 1 saturated heterocycles. The van der Waals surface area contributed by atoms with E-state index in [9.17, 15) is 0 Å². The van der Waals surface area contributed by atoms with Crippen molar-refractivity contribution in [3.63, 3.8) is 0 Å². The summed E-state index contributed by atoms with van der Waals surface area (Å²) in [5.74, 6) is 0.679. The molecule has 0 amide bonds. The topological polar surface area (TPSA) is 47.0 Å². The van der Waals surface area contributed by atoms with E-state index in [2.05, 4.69) is 15.3 Å². The second-order valence-electron chi connectivity index (χ2n) is 4.03. The van der Waals surface area contributed by atoms with Crippen LogP contribution in [-0.4, -0.2) is 29.7 Å². The Balaban J connectivity index is 0.00000144. The summed E-state index contributed by atoms with van der Waals surface area (Å²) in [7, 11) is 0. The van der Waals surface area contributed by atoms with Crippen LogP contribution in [0.5, 0.6) is 0 Å². The maximum atomic E-state index is 5.69. The fraction of sp³-hybridized carbons (Fsp3) is 0.636. The van der Waals surface area contributed by atoms with Gasteiger partial charge in [0.1, 0.15) is 0 Å². The third-order valence-corrected chi connectivity index (χ3v) is 2.93. The van der Waals surface area contributed by atoms with Gasteiger partial charge in [-0.3, -0.25) is 0 Å². The molecule has 17 heavy (non-hydrogen) atoms. The summed E-state index contributed by atoms with van der Waals surface area (Å²) in [6, 6.07) is 1.83. The van der Waals surface area contributed by atoms with Crippen LogP contribution in [0.3, 0.4) is 0 Å². The Morgan fingerprint density at radius 2 is 2.18 bits per heavy atom. The number of ether oxygens (including phenoxy) is 1. The van der Waals surface area contributed by atoms with E-state index >= 15 is 0 Å². The van der Waals surface area contributed by atoms with Crippen molar-refractivity contribution in [2.24, 2.45) is 5.92 Å². The van der Waals surface area contributed by atoms with Crippen LogP contribution >= 0.6 is 24.0 Å². The first-order valence-corrected chi connectivity index (χ1v) is 5.98. The standard InChI is InChI=1S/C11H16ClN3O.ClH/c12-11-14-6-3-10(15-11)8-16-7-9-1-4-13-5-2-9;/h3,6,9,13H,1-2,4-5,7-8H2;1H. The van der Waals surface area contributed by atoms with Crippen LogP contribution in [-0.2, 0) is 11.3 Å². The SMILES string of the molecule is Cl.Clc1nccc(COCC2CCNCC2)n1. The maximum Gasteiger partial charge on any atom is 0.222 e. The fourth-order valence-corrected chi connectivity index (χ4v) is 1.99. The van der Waals surface area contributed by atoms with Crippen molar-refractivity contribution >= 4 is 24.0 Å². The Labute approximate surface area is 113 Å². The zero-order valence-electron chi connectivity index (χ0n) is 9.56. The minimum atomic E-state index is 0. The first kappa shape index (κ1) is 14.6. The Hall–Kier alpha value is -0.420. The molecule has 0 atom stereocenters. The predicted molar refractivity (Wildman–Crippen MR) is 69.5 cm³/mol. The molecule has 1 fully saturated rings. The highest BCUT2D eigenvalue weighted by Crippen LogP contribution is 2.12. The molecule has 6 heteroatoms. The first-order valence-electron chi connectivity index (χ1n) is 5.60. The van der Waals surface area contributed by atoms with Gasteiger partial charge in [0.25, 0.3) is 0 Å². The Kier molecular flexibility index (Phi) is 6.73. The molecular formula is C11H17Cl2N3O. The van der Waals surface area contributed by atoms with E-state index in [1.54, 1.807) is 6.20 Å². The molecule has 0 radical (unpaired) electrons. The molecule has 1 aromatic rings. The molecule has 2 heterocycles. The molecule has 1 aliphatic rings. The van der Waals surface area contributed by atoms with Crippen LogP contribution in [0.15, 0.2) is 12.3 Å². The van der Waals surface area contributed by atoms with Gasteiger partial charge >= 0.3 is 0 Å². The van der Waals surface area contributed by atoms with Crippen molar-refractivity contribution in [1.82, 2.24) is 15.3 Å². The molecule has 0 aromatic carbocycles. The smallest absolute Gasteiger partial charge is 0.222 e. The summed E-state index contributed by atoms with van der Waals surface area (Å²) in [6.45, 7) is 3.54. The van der Waals surface area contributed by atoms with Gasteiger partial charge in [-0.2, -0.15) is 0 Å². The Morgan fingerprint density at radius 1 is 1.41 bits per heavy atom. The highest BCUT2D eigenvalue weighted by molar-refractivity contribution is 6.28. The summed E-state index contributed by atoms with van der Waals surface area (Å²) in [5.41, 5.74) is 0.842. The summed E-state index contributed by atoms with van der Waals surface area (Å²) in [4.78, 5) is 7.90. The number of piperidine rings is 1. The number of halogens is 2. The van der Waals surface area contributed by atoms with Crippen LogP contribution in [0, 0.1) is 5.92 Å². The second kappa shape index (κ2) is 7.82. The van der Waals surface area contributed by atoms with Gasteiger partial charge in [-0.15, -0.1) is 12.4 Å². The quantitative estimate of drug-likeness (QED) is 0.856. The lowest BCUT2D eigenvalue weighted by atomic mass is 9.99. The van der Waals surface area contributed by atoms with E-state index in [1.807, 2.05) is 6.07 Å². The van der Waals surface area contributed by atoms with Gasteiger partial charge in [0.2, 0.25) is 5.28 Å². The van der Waals surface area contributed by atoms with Crippen LogP contribution in [0.2, 0.25) is 5.28 Å². The molecule has 4 nitrogen and oxygen atoms in total. The summed E-state index contributed by atoms with van der Waals surface area (Å²) in [6.07, 6.45) is 4.05. The second-order valence-corrected chi connectivity index (χ2v) is 4.36. The van der Waals surface area contributed by atoms with E-state index in [0.29, 0.717) is 12.5 Å². The zero-order chi connectivity index (χ0) is 11.2. The third kappa shape index (κ3) is 5.17. The number of hydrogen-bond acceptors (Lipinski definition) is 4. The molecule has 0 bridgehead atoms. The number of hydrogen-bond donors (Lipinski definition) is 1. The van der Waals surface area contributed by atoms with E-state index in [1.165, 1.54) is 12.8 Å². The normalized spacial score (nSPS) is 16.5. The van der Waals surface area contributed by atoms with Crippen molar-refractivity contribution in [2.45, 2.75) is 19.4 Å². The molecule has 96 valence electrons. The summed E-state index contributed by atoms with van der Waals surface area (Å²) in [5, 5.41) is 3.62. The highest BCUT2D eigenvalue weighted by atomic mass is 35.5. The largest absolute Gasteiger partial charge is 0.375 e. The van der Waals surface area contributed by atoms with Crippen molar-refractivity contribution in [1.29, 1.82) is 0 Å². The maximum absolute atomic E-state index is 5.69. The van der Waals surface area contributed by atoms with Gasteiger partial charge < -0.3 is 10.1 Å². The van der Waals surface area contributed by atoms with Crippen LogP contribution in [0.1, 0.15) is 18.5 Å². The number of rotatable bonds is 4. The average molecular weight is 278 g/mol. The first-order chi connectivity index (χ1) is 7.84. The monoisotopic (exact) mass is 277 g/mol. The third-order valence-electron chi connectivity index (χ3n) is 2.75. The fourth-order valence-electron chi connectivity index (χ4n) is 1.83. The number of nitrogens with zero attached hydrogens (tertiary/aromatic N) is 2. The number of aromatic nitrogens is 2. The van der Waals surface area contributed by atoms with Gasteiger partial charge in [-0.1, -0.05) is 0 Å². The van der Waals surface area contributed by atoms with E-state index < -0.39 is 0 Å². The minimum Gasteiger partial charge on any atom is -0.375 e. The summed E-state index contributed by atoms with van der Waals surface area (Å²) >= 11 is 5.69. The molecule has 1 aliphatic heterocycles. The summed E-state index contributed by atoms with van der Waals surface area (Å²) < 4.78 is 5.64. The van der Waals surface area contributed by atoms with Gasteiger partial charge in [0.15, 0.2) is 0 Å². The molecular weight excluding hydrogens is 261 g/mol. The minimum absolute atomic E-state index is 0. The van der Waals surface area contributed by atoms with Crippen LogP contribution in [0.25, 0.3) is 0 Å². The lowest BCUT2D eigenvalue weighted by Gasteiger charge is -2.22. The zero-order valence-corrected chi connectivity index (χ0v) is 11.1. The average Bonchev–Trinajstić information content (AvgIpc) is 2.30. The Morgan fingerprint density at radius 3 is 2.88 bits per heavy atom. The van der Waals surface area contributed by atoms with Crippen molar-refractivity contribution < 1.29 is 4.74 Å². The van der Waals surface area contributed by atoms with Crippen LogP contribution in [0.4, 0.5) is 0 Å². The van der Waals surface area contributed by atoms with Crippen molar-refractivity contribution in [3.8, 4) is 0 Å². The molecule has 1 aromatic heterocycles. The molecule has 0 aliphatic carbocycles. The Bertz CT molecular complexity index is 332. The molecule has 1 N–H and O–H groups in total. The van der Waals surface area contributed by atoms with E-state index in [-0.39, 0.29) is 17.7 Å². The van der Waals surface area contributed by atoms with Crippen molar-refractivity contribution in [2.75, 3.05) is 19.7 Å². The van der Waals surface area contributed by atoms with Crippen molar-refractivity contribution in [3.05, 3.63) is 23.2 Å². The van der Waals surface area contributed by atoms with Gasteiger partial charge in [0, 0.05) is 6.20 Å². The lowest BCUT2D eigenvalue weighted by molar-refractivity contribution is 0.0743. The van der Waals surface area contributed by atoms with Crippen LogP contribution < -0.4 is 5.32 Å². The number of nitrogens with one attached hydrogen (secondary N) is 1. The highest BCUT2D eigenvalue weighted by Gasteiger charge is 2.12. The molecule has 0 unspecified atom stereocenters. The molecule has 0 spiro atoms.